The summed E-state index contributed by atoms with van der Waals surface area (Å²) in [4.78, 5) is 13.2. The van der Waals surface area contributed by atoms with Crippen molar-refractivity contribution in [1.29, 1.82) is 0 Å². The van der Waals surface area contributed by atoms with Gasteiger partial charge in [-0.2, -0.15) is 21.7 Å². The van der Waals surface area contributed by atoms with Gasteiger partial charge >= 0.3 is 0 Å². The lowest BCUT2D eigenvalue weighted by molar-refractivity contribution is 0.297. The second kappa shape index (κ2) is 5.37. The number of ether oxygens (including phenoxy) is 1. The molecule has 7 heteroatoms. The van der Waals surface area contributed by atoms with Crippen molar-refractivity contribution in [3.63, 3.8) is 0 Å². The molecule has 0 bridgehead atoms. The monoisotopic (exact) mass is 339 g/mol. The summed E-state index contributed by atoms with van der Waals surface area (Å²) in [7, 11) is 0. The summed E-state index contributed by atoms with van der Waals surface area (Å²) in [5.74, 6) is 0.684. The van der Waals surface area contributed by atoms with Crippen molar-refractivity contribution < 1.29 is 4.74 Å². The first-order chi connectivity index (χ1) is 11.8. The number of aromatic nitrogens is 4. The van der Waals surface area contributed by atoms with E-state index in [9.17, 15) is 0 Å². The number of hydrogen-bond acceptors (Lipinski definition) is 6. The van der Waals surface area contributed by atoms with E-state index >= 15 is 0 Å². The van der Waals surface area contributed by atoms with E-state index in [4.69, 9.17) is 10.5 Å². The Kier molecular flexibility index (Phi) is 3.16. The molecule has 1 aliphatic carbocycles. The van der Waals surface area contributed by atoms with Crippen LogP contribution in [0.3, 0.4) is 0 Å². The zero-order valence-electron chi connectivity index (χ0n) is 13.0. The maximum atomic E-state index is 5.92. The maximum Gasteiger partial charge on any atom is 0.247 e. The van der Waals surface area contributed by atoms with Gasteiger partial charge in [-0.05, 0) is 18.4 Å². The minimum Gasteiger partial charge on any atom is -0.471 e. The van der Waals surface area contributed by atoms with Crippen molar-refractivity contribution in [2.45, 2.75) is 36.0 Å². The molecule has 2 fully saturated rings. The fourth-order valence-corrected chi connectivity index (χ4v) is 4.85. The van der Waals surface area contributed by atoms with E-state index in [1.54, 1.807) is 0 Å². The highest BCUT2D eigenvalue weighted by Gasteiger charge is 2.50. The lowest BCUT2D eigenvalue weighted by Gasteiger charge is -2.14. The third kappa shape index (κ3) is 2.31. The number of hydrogen-bond donors (Lipinski definition) is 1. The molecular weight excluding hydrogens is 322 g/mol. The molecule has 5 rings (SSSR count). The van der Waals surface area contributed by atoms with Crippen LogP contribution in [-0.2, 0) is 6.61 Å². The van der Waals surface area contributed by atoms with E-state index in [-0.39, 0.29) is 5.95 Å². The number of rotatable bonds is 4. The summed E-state index contributed by atoms with van der Waals surface area (Å²) < 4.78 is 8.05. The summed E-state index contributed by atoms with van der Waals surface area (Å²) in [6.07, 6.45) is 4.32. The van der Waals surface area contributed by atoms with Gasteiger partial charge in [0.05, 0.1) is 6.33 Å². The molecule has 3 heterocycles. The minimum absolute atomic E-state index is 0.227. The number of nitrogen functional groups attached to an aromatic ring is 1. The summed E-state index contributed by atoms with van der Waals surface area (Å²) >= 11 is 2.05. The van der Waals surface area contributed by atoms with Crippen LogP contribution in [0, 0.1) is 0 Å². The lowest BCUT2D eigenvalue weighted by Crippen LogP contribution is -2.11. The fourth-order valence-electron chi connectivity index (χ4n) is 3.50. The zero-order valence-corrected chi connectivity index (χ0v) is 13.8. The van der Waals surface area contributed by atoms with Crippen LogP contribution >= 0.6 is 11.8 Å². The van der Waals surface area contributed by atoms with E-state index < -0.39 is 0 Å². The molecule has 0 radical (unpaired) electrons. The maximum absolute atomic E-state index is 5.92. The van der Waals surface area contributed by atoms with Gasteiger partial charge in [0.15, 0.2) is 11.2 Å². The summed E-state index contributed by atoms with van der Waals surface area (Å²) in [5.41, 5.74) is 8.47. The lowest BCUT2D eigenvalue weighted by atomic mass is 10.2. The van der Waals surface area contributed by atoms with Crippen molar-refractivity contribution in [2.24, 2.45) is 0 Å². The molecule has 1 aromatic carbocycles. The number of thioether (sulfide) groups is 1. The molecular formula is C17H17N5OS. The number of nitrogens with zero attached hydrogens (tertiary/aromatic N) is 4. The van der Waals surface area contributed by atoms with Crippen LogP contribution < -0.4 is 10.5 Å². The minimum atomic E-state index is 0.227. The van der Waals surface area contributed by atoms with Crippen molar-refractivity contribution in [3.8, 4) is 5.88 Å². The van der Waals surface area contributed by atoms with Crippen LogP contribution in [0.4, 0.5) is 5.95 Å². The van der Waals surface area contributed by atoms with Gasteiger partial charge in [0.25, 0.3) is 0 Å². The van der Waals surface area contributed by atoms with Crippen molar-refractivity contribution in [1.82, 2.24) is 19.5 Å². The summed E-state index contributed by atoms with van der Waals surface area (Å²) in [5, 5.41) is 1.52. The smallest absolute Gasteiger partial charge is 0.247 e. The molecule has 1 saturated carbocycles. The molecule has 0 amide bonds. The predicted octanol–water partition coefficient (Wildman–Crippen LogP) is 2.81. The van der Waals surface area contributed by atoms with Crippen LogP contribution in [0.1, 0.15) is 24.4 Å². The van der Waals surface area contributed by atoms with Gasteiger partial charge in [-0.3, -0.25) is 0 Å². The molecule has 2 aliphatic rings. The quantitative estimate of drug-likeness (QED) is 0.736. The topological polar surface area (TPSA) is 78.9 Å². The average Bonchev–Trinajstić information content (AvgIpc) is 3.06. The summed E-state index contributed by atoms with van der Waals surface area (Å²) in [6, 6.07) is 10.5. The molecule has 2 N–H and O–H groups in total. The Labute approximate surface area is 143 Å². The van der Waals surface area contributed by atoms with E-state index in [1.807, 2.05) is 36.7 Å². The third-order valence-electron chi connectivity index (χ3n) is 4.73. The van der Waals surface area contributed by atoms with Gasteiger partial charge in [-0.1, -0.05) is 30.3 Å². The largest absolute Gasteiger partial charge is 0.471 e. The molecule has 24 heavy (non-hydrogen) atoms. The van der Waals surface area contributed by atoms with Gasteiger partial charge in [0.1, 0.15) is 6.61 Å². The van der Waals surface area contributed by atoms with Crippen LogP contribution in [0.5, 0.6) is 5.88 Å². The second-order valence-corrected chi connectivity index (χ2v) is 7.69. The average molecular weight is 339 g/mol. The molecule has 122 valence electrons. The Morgan fingerprint density at radius 2 is 2.08 bits per heavy atom. The van der Waals surface area contributed by atoms with E-state index in [0.29, 0.717) is 29.3 Å². The molecule has 0 spiro atoms. The number of fused-ring (bicyclic) bond motifs is 2. The molecule has 2 aromatic heterocycles. The first-order valence-electron chi connectivity index (χ1n) is 8.12. The number of benzene rings is 1. The van der Waals surface area contributed by atoms with E-state index in [0.717, 1.165) is 16.5 Å². The molecule has 3 aromatic rings. The Morgan fingerprint density at radius 3 is 2.83 bits per heavy atom. The van der Waals surface area contributed by atoms with Crippen LogP contribution in [-0.4, -0.2) is 30.0 Å². The van der Waals surface area contributed by atoms with Gasteiger partial charge in [-0.15, -0.1) is 0 Å². The highest BCUT2D eigenvalue weighted by atomic mass is 32.2. The molecule has 6 nitrogen and oxygen atoms in total. The van der Waals surface area contributed by atoms with Gasteiger partial charge in [0, 0.05) is 16.5 Å². The SMILES string of the molecule is Nc1nc(OCc2ccccc2)c2ncn([C@H]3CC[C@@H]4S[C@@H]43)c2n1. The van der Waals surface area contributed by atoms with E-state index in [1.165, 1.54) is 12.8 Å². The Morgan fingerprint density at radius 1 is 1.21 bits per heavy atom. The molecule has 1 aliphatic heterocycles. The zero-order chi connectivity index (χ0) is 16.1. The fraction of sp³-hybridized carbons (Fsp3) is 0.353. The Hall–Kier alpha value is -2.28. The van der Waals surface area contributed by atoms with Gasteiger partial charge < -0.3 is 15.0 Å². The van der Waals surface area contributed by atoms with Gasteiger partial charge in [0.2, 0.25) is 11.8 Å². The van der Waals surface area contributed by atoms with Crippen LogP contribution in [0.25, 0.3) is 11.2 Å². The van der Waals surface area contributed by atoms with Crippen molar-refractivity contribution in [2.75, 3.05) is 5.73 Å². The van der Waals surface area contributed by atoms with E-state index in [2.05, 4.69) is 31.3 Å². The molecule has 0 unspecified atom stereocenters. The number of nitrogens with two attached hydrogens (primary N) is 1. The third-order valence-corrected chi connectivity index (χ3v) is 6.25. The van der Waals surface area contributed by atoms with Crippen LogP contribution in [0.15, 0.2) is 36.7 Å². The summed E-state index contributed by atoms with van der Waals surface area (Å²) in [6.45, 7) is 0.434. The predicted molar refractivity (Wildman–Crippen MR) is 93.9 cm³/mol. The standard InChI is InChI=1S/C17H17N5OS/c18-17-20-15-13(16(21-17)23-8-10-4-2-1-3-5-10)19-9-22(15)11-6-7-12-14(11)24-12/h1-5,9,11-12,14H,6-8H2,(H2,18,20,21)/t11-,12-,14+/m0/s1. The normalized spacial score (nSPS) is 24.9. The first kappa shape index (κ1) is 14.1. The molecule has 3 atom stereocenters. The van der Waals surface area contributed by atoms with Crippen molar-refractivity contribution >= 4 is 28.9 Å². The molecule has 1 saturated heterocycles. The number of anilines is 1. The Balaban J connectivity index is 1.49. The second-order valence-electron chi connectivity index (χ2n) is 6.27. The van der Waals surface area contributed by atoms with Crippen molar-refractivity contribution in [3.05, 3.63) is 42.2 Å². The first-order valence-corrected chi connectivity index (χ1v) is 9.06. The van der Waals surface area contributed by atoms with Crippen LogP contribution in [0.2, 0.25) is 0 Å². The highest BCUT2D eigenvalue weighted by Crippen LogP contribution is 2.58. The van der Waals surface area contributed by atoms with Gasteiger partial charge in [-0.25, -0.2) is 4.98 Å². The Bertz CT molecular complexity index is 897. The number of imidazole rings is 1. The highest BCUT2D eigenvalue weighted by molar-refractivity contribution is 8.07.